The Hall–Kier alpha value is -1.15. The second kappa shape index (κ2) is 5.55. The summed E-state index contributed by atoms with van der Waals surface area (Å²) in [4.78, 5) is 11.6. The summed E-state index contributed by atoms with van der Waals surface area (Å²) in [6.07, 6.45) is 2.57. The number of unbranched alkanes of at least 4 members (excludes halogenated alkanes) is 1. The van der Waals surface area contributed by atoms with Crippen molar-refractivity contribution in [1.29, 1.82) is 0 Å². The van der Waals surface area contributed by atoms with E-state index in [0.29, 0.717) is 12.0 Å². The van der Waals surface area contributed by atoms with Crippen LogP contribution < -0.4 is 0 Å². The third kappa shape index (κ3) is 2.96. The lowest BCUT2D eigenvalue weighted by atomic mass is 10.0. The van der Waals surface area contributed by atoms with Crippen molar-refractivity contribution < 1.29 is 9.90 Å². The topological polar surface area (TPSA) is 37.3 Å². The fraction of sp³-hybridized carbons (Fsp3) is 0.417. The molecule has 0 saturated heterocycles. The fourth-order valence-corrected chi connectivity index (χ4v) is 1.32. The van der Waals surface area contributed by atoms with Crippen LogP contribution in [0.1, 0.15) is 42.1 Å². The first kappa shape index (κ1) is 10.9. The number of ketones is 1. The molecular weight excluding hydrogens is 176 g/mol. The summed E-state index contributed by atoms with van der Waals surface area (Å²) >= 11 is 0. The predicted octanol–water partition coefficient (Wildman–Crippen LogP) is 2.55. The molecule has 1 N–H and O–H groups in total. The molecule has 0 aliphatic rings. The summed E-state index contributed by atoms with van der Waals surface area (Å²) in [5, 5.41) is 8.91. The summed E-state index contributed by atoms with van der Waals surface area (Å²) in [5.41, 5.74) is 1.51. The summed E-state index contributed by atoms with van der Waals surface area (Å²) in [7, 11) is 0. The Balaban J connectivity index is 2.69. The van der Waals surface area contributed by atoms with Crippen LogP contribution in [0.5, 0.6) is 0 Å². The molecule has 0 atom stereocenters. The van der Waals surface area contributed by atoms with Crippen LogP contribution in [-0.2, 0) is 6.61 Å². The zero-order chi connectivity index (χ0) is 10.4. The quantitative estimate of drug-likeness (QED) is 0.728. The molecule has 0 aliphatic heterocycles. The molecule has 1 aromatic rings. The monoisotopic (exact) mass is 192 g/mol. The van der Waals surface area contributed by atoms with Crippen molar-refractivity contribution >= 4 is 5.78 Å². The minimum atomic E-state index is -0.00506. The van der Waals surface area contributed by atoms with Crippen LogP contribution >= 0.6 is 0 Å². The molecular formula is C12H16O2. The summed E-state index contributed by atoms with van der Waals surface area (Å²) in [6, 6.07) is 7.19. The van der Waals surface area contributed by atoms with Crippen molar-refractivity contribution in [3.05, 3.63) is 35.4 Å². The molecule has 0 unspecified atom stereocenters. The molecule has 0 amide bonds. The number of benzene rings is 1. The van der Waals surface area contributed by atoms with Gasteiger partial charge in [0, 0.05) is 12.0 Å². The number of carbonyl (C=O) groups is 1. The Kier molecular flexibility index (Phi) is 4.33. The maximum absolute atomic E-state index is 11.6. The first-order valence-corrected chi connectivity index (χ1v) is 5.01. The lowest BCUT2D eigenvalue weighted by Gasteiger charge is -2.01. The second-order valence-corrected chi connectivity index (χ2v) is 3.39. The molecule has 2 nitrogen and oxygen atoms in total. The molecule has 0 saturated carbocycles. The molecule has 0 aromatic heterocycles. The standard InChI is InChI=1S/C12H16O2/c1-2-3-7-12(14)11-6-4-5-10(8-11)9-13/h4-6,8,13H,2-3,7,9H2,1H3. The molecule has 0 radical (unpaired) electrons. The van der Waals surface area contributed by atoms with Crippen LogP contribution in [0.4, 0.5) is 0 Å². The van der Waals surface area contributed by atoms with Gasteiger partial charge in [-0.3, -0.25) is 4.79 Å². The number of hydrogen-bond acceptors (Lipinski definition) is 2. The highest BCUT2D eigenvalue weighted by Crippen LogP contribution is 2.09. The smallest absolute Gasteiger partial charge is 0.162 e. The van der Waals surface area contributed by atoms with Crippen LogP contribution in [0.2, 0.25) is 0 Å². The van der Waals surface area contributed by atoms with Gasteiger partial charge in [-0.25, -0.2) is 0 Å². The predicted molar refractivity (Wildman–Crippen MR) is 56.2 cm³/mol. The zero-order valence-corrected chi connectivity index (χ0v) is 8.49. The molecule has 0 aliphatic carbocycles. The van der Waals surface area contributed by atoms with Gasteiger partial charge < -0.3 is 5.11 Å². The molecule has 0 heterocycles. The van der Waals surface area contributed by atoms with E-state index in [4.69, 9.17) is 5.11 Å². The van der Waals surface area contributed by atoms with E-state index < -0.39 is 0 Å². The Bertz CT molecular complexity index is 305. The van der Waals surface area contributed by atoms with Crippen LogP contribution in [0.25, 0.3) is 0 Å². The number of Topliss-reactive ketones (excluding diaryl/α,β-unsaturated/α-hetero) is 1. The Morgan fingerprint density at radius 1 is 1.43 bits per heavy atom. The van der Waals surface area contributed by atoms with Gasteiger partial charge in [-0.05, 0) is 18.1 Å². The minimum absolute atomic E-state index is 0.00506. The average Bonchev–Trinajstić information content (AvgIpc) is 2.26. The lowest BCUT2D eigenvalue weighted by molar-refractivity contribution is 0.0979. The van der Waals surface area contributed by atoms with Gasteiger partial charge in [-0.1, -0.05) is 31.5 Å². The van der Waals surface area contributed by atoms with Crippen LogP contribution in [0, 0.1) is 0 Å². The van der Waals surface area contributed by atoms with Crippen LogP contribution in [0.3, 0.4) is 0 Å². The van der Waals surface area contributed by atoms with E-state index in [0.717, 1.165) is 18.4 Å². The van der Waals surface area contributed by atoms with Gasteiger partial charge in [0.25, 0.3) is 0 Å². The molecule has 0 bridgehead atoms. The van der Waals surface area contributed by atoms with E-state index in [2.05, 4.69) is 6.92 Å². The van der Waals surface area contributed by atoms with Crippen molar-refractivity contribution in [1.82, 2.24) is 0 Å². The molecule has 14 heavy (non-hydrogen) atoms. The third-order valence-corrected chi connectivity index (χ3v) is 2.19. The van der Waals surface area contributed by atoms with E-state index >= 15 is 0 Å². The first-order valence-electron chi connectivity index (χ1n) is 5.01. The number of aliphatic hydroxyl groups excluding tert-OH is 1. The van der Waals surface area contributed by atoms with E-state index in [-0.39, 0.29) is 12.4 Å². The highest BCUT2D eigenvalue weighted by Gasteiger charge is 2.04. The molecule has 0 fully saturated rings. The number of rotatable bonds is 5. The maximum atomic E-state index is 11.6. The normalized spacial score (nSPS) is 10.1. The van der Waals surface area contributed by atoms with Gasteiger partial charge in [-0.2, -0.15) is 0 Å². The summed E-state index contributed by atoms with van der Waals surface area (Å²) in [6.45, 7) is 2.06. The molecule has 76 valence electrons. The summed E-state index contributed by atoms with van der Waals surface area (Å²) < 4.78 is 0. The van der Waals surface area contributed by atoms with Gasteiger partial charge >= 0.3 is 0 Å². The van der Waals surface area contributed by atoms with E-state index in [1.165, 1.54) is 0 Å². The highest BCUT2D eigenvalue weighted by atomic mass is 16.3. The van der Waals surface area contributed by atoms with Crippen molar-refractivity contribution in [2.45, 2.75) is 32.8 Å². The summed E-state index contributed by atoms with van der Waals surface area (Å²) in [5.74, 6) is 0.169. The van der Waals surface area contributed by atoms with Crippen molar-refractivity contribution in [3.63, 3.8) is 0 Å². The van der Waals surface area contributed by atoms with E-state index in [1.54, 1.807) is 12.1 Å². The largest absolute Gasteiger partial charge is 0.392 e. The van der Waals surface area contributed by atoms with Crippen LogP contribution in [0.15, 0.2) is 24.3 Å². The number of hydrogen-bond donors (Lipinski definition) is 1. The zero-order valence-electron chi connectivity index (χ0n) is 8.49. The third-order valence-electron chi connectivity index (χ3n) is 2.19. The van der Waals surface area contributed by atoms with Gasteiger partial charge in [0.15, 0.2) is 5.78 Å². The number of aliphatic hydroxyl groups is 1. The lowest BCUT2D eigenvalue weighted by Crippen LogP contribution is -1.99. The SMILES string of the molecule is CCCCC(=O)c1cccc(CO)c1. The minimum Gasteiger partial charge on any atom is -0.392 e. The van der Waals surface area contributed by atoms with Gasteiger partial charge in [0.1, 0.15) is 0 Å². The average molecular weight is 192 g/mol. The molecule has 2 heteroatoms. The Morgan fingerprint density at radius 3 is 2.86 bits per heavy atom. The number of carbonyl (C=O) groups excluding carboxylic acids is 1. The van der Waals surface area contributed by atoms with Gasteiger partial charge in [0.2, 0.25) is 0 Å². The van der Waals surface area contributed by atoms with Gasteiger partial charge in [-0.15, -0.1) is 0 Å². The molecule has 1 aromatic carbocycles. The fourth-order valence-electron chi connectivity index (χ4n) is 1.32. The Morgan fingerprint density at radius 2 is 2.21 bits per heavy atom. The molecule has 1 rings (SSSR count). The maximum Gasteiger partial charge on any atom is 0.162 e. The van der Waals surface area contributed by atoms with Crippen molar-refractivity contribution in [2.75, 3.05) is 0 Å². The highest BCUT2D eigenvalue weighted by molar-refractivity contribution is 5.96. The van der Waals surface area contributed by atoms with Crippen LogP contribution in [-0.4, -0.2) is 10.9 Å². The Labute approximate surface area is 84.6 Å². The van der Waals surface area contributed by atoms with E-state index in [1.807, 2.05) is 12.1 Å². The molecule has 0 spiro atoms. The second-order valence-electron chi connectivity index (χ2n) is 3.39. The van der Waals surface area contributed by atoms with E-state index in [9.17, 15) is 4.79 Å². The first-order chi connectivity index (χ1) is 6.77. The van der Waals surface area contributed by atoms with Crippen molar-refractivity contribution in [3.8, 4) is 0 Å². The van der Waals surface area contributed by atoms with Gasteiger partial charge in [0.05, 0.1) is 6.61 Å². The van der Waals surface area contributed by atoms with Crippen molar-refractivity contribution in [2.24, 2.45) is 0 Å².